The van der Waals surface area contributed by atoms with E-state index in [9.17, 15) is 29.1 Å². The quantitative estimate of drug-likeness (QED) is 0.274. The van der Waals surface area contributed by atoms with Crippen molar-refractivity contribution in [3.05, 3.63) is 35.9 Å². The normalized spacial score (nSPS) is 18.7. The van der Waals surface area contributed by atoms with E-state index in [1.54, 1.807) is 37.3 Å². The summed E-state index contributed by atoms with van der Waals surface area (Å²) in [5.74, 6) is -4.58. The van der Waals surface area contributed by atoms with Crippen LogP contribution < -0.4 is 16.4 Å². The monoisotopic (exact) mass is 490 g/mol. The molecule has 35 heavy (non-hydrogen) atoms. The number of hydrogen-bond acceptors (Lipinski definition) is 6. The topological polar surface area (TPSA) is 179 Å². The van der Waals surface area contributed by atoms with Crippen LogP contribution in [0.2, 0.25) is 0 Å². The SMILES string of the molecule is CCC(C)C(NC(=O)C(Cc1ccccc1)NC(=O)C(N)CC(=O)O)C(=O)N1CCCC1C(=O)O. The molecule has 0 spiro atoms. The number of amides is 3. The molecular weight excluding hydrogens is 456 g/mol. The molecule has 1 aliphatic rings. The number of benzene rings is 1. The van der Waals surface area contributed by atoms with Gasteiger partial charge in [0.05, 0.1) is 12.5 Å². The first kappa shape index (κ1) is 27.8. The fraction of sp³-hybridized carbons (Fsp3) is 0.542. The van der Waals surface area contributed by atoms with Crippen molar-refractivity contribution < 1.29 is 34.2 Å². The van der Waals surface area contributed by atoms with Crippen molar-refractivity contribution in [3.63, 3.8) is 0 Å². The molecule has 1 saturated heterocycles. The Kier molecular flexibility index (Phi) is 10.2. The third kappa shape index (κ3) is 7.78. The predicted molar refractivity (Wildman–Crippen MR) is 126 cm³/mol. The molecule has 6 N–H and O–H groups in total. The molecule has 11 heteroatoms. The van der Waals surface area contributed by atoms with Gasteiger partial charge in [-0.3, -0.25) is 19.2 Å². The molecule has 0 saturated carbocycles. The van der Waals surface area contributed by atoms with Crippen LogP contribution in [0.1, 0.15) is 45.1 Å². The molecule has 1 aromatic rings. The van der Waals surface area contributed by atoms with E-state index in [0.29, 0.717) is 19.3 Å². The minimum atomic E-state index is -1.36. The Hall–Kier alpha value is -3.47. The fourth-order valence-corrected chi connectivity index (χ4v) is 4.02. The highest BCUT2D eigenvalue weighted by Crippen LogP contribution is 2.21. The summed E-state index contributed by atoms with van der Waals surface area (Å²) >= 11 is 0. The molecule has 5 atom stereocenters. The average molecular weight is 491 g/mol. The summed E-state index contributed by atoms with van der Waals surface area (Å²) in [6, 6.07) is 4.46. The lowest BCUT2D eigenvalue weighted by Gasteiger charge is -2.31. The molecular formula is C24H34N4O7. The number of carboxylic acids is 2. The maximum Gasteiger partial charge on any atom is 0.326 e. The van der Waals surface area contributed by atoms with E-state index in [-0.39, 0.29) is 18.9 Å². The average Bonchev–Trinajstić information content (AvgIpc) is 3.31. The summed E-state index contributed by atoms with van der Waals surface area (Å²) in [7, 11) is 0. The van der Waals surface area contributed by atoms with E-state index in [1.165, 1.54) is 4.90 Å². The number of nitrogens with two attached hydrogens (primary N) is 1. The van der Waals surface area contributed by atoms with Crippen LogP contribution in [0.5, 0.6) is 0 Å². The molecule has 0 aliphatic carbocycles. The summed E-state index contributed by atoms with van der Waals surface area (Å²) in [5.41, 5.74) is 6.40. The van der Waals surface area contributed by atoms with Gasteiger partial charge in [0.15, 0.2) is 0 Å². The van der Waals surface area contributed by atoms with Gasteiger partial charge >= 0.3 is 11.9 Å². The molecule has 0 radical (unpaired) electrons. The number of nitrogens with zero attached hydrogens (tertiary/aromatic N) is 1. The molecule has 2 rings (SSSR count). The van der Waals surface area contributed by atoms with Gasteiger partial charge in [0.1, 0.15) is 18.1 Å². The van der Waals surface area contributed by atoms with E-state index in [2.05, 4.69) is 10.6 Å². The number of likely N-dealkylation sites (tertiary alicyclic amines) is 1. The number of carbonyl (C=O) groups is 5. The largest absolute Gasteiger partial charge is 0.481 e. The molecule has 192 valence electrons. The Bertz CT molecular complexity index is 924. The van der Waals surface area contributed by atoms with Crippen LogP contribution in [0, 0.1) is 5.92 Å². The standard InChI is InChI=1S/C24H34N4O7/c1-3-14(2)20(23(33)28-11-7-10-18(28)24(34)35)27-22(32)17(12-15-8-5-4-6-9-15)26-21(31)16(25)13-19(29)30/h4-6,8-9,14,16-18,20H,3,7,10-13,25H2,1-2H3,(H,26,31)(H,27,32)(H,29,30)(H,34,35). The summed E-state index contributed by atoms with van der Waals surface area (Å²) in [5, 5.41) is 23.6. The van der Waals surface area contributed by atoms with Crippen molar-refractivity contribution in [1.29, 1.82) is 0 Å². The molecule has 3 amide bonds. The first-order chi connectivity index (χ1) is 16.5. The van der Waals surface area contributed by atoms with E-state index in [0.717, 1.165) is 5.56 Å². The van der Waals surface area contributed by atoms with Crippen LogP contribution in [0.25, 0.3) is 0 Å². The van der Waals surface area contributed by atoms with E-state index >= 15 is 0 Å². The van der Waals surface area contributed by atoms with E-state index in [1.807, 2.05) is 6.92 Å². The minimum absolute atomic E-state index is 0.0844. The second kappa shape index (κ2) is 12.8. The zero-order chi connectivity index (χ0) is 26.1. The number of rotatable bonds is 12. The van der Waals surface area contributed by atoms with Gasteiger partial charge in [-0.25, -0.2) is 4.79 Å². The Morgan fingerprint density at radius 3 is 2.31 bits per heavy atom. The van der Waals surface area contributed by atoms with E-state index in [4.69, 9.17) is 10.8 Å². The zero-order valence-electron chi connectivity index (χ0n) is 20.0. The highest BCUT2D eigenvalue weighted by Gasteiger charge is 2.40. The first-order valence-corrected chi connectivity index (χ1v) is 11.7. The van der Waals surface area contributed by atoms with Crippen molar-refractivity contribution in [1.82, 2.24) is 15.5 Å². The number of hydrogen-bond donors (Lipinski definition) is 5. The lowest BCUT2D eigenvalue weighted by Crippen LogP contribution is -2.59. The lowest BCUT2D eigenvalue weighted by atomic mass is 9.96. The maximum absolute atomic E-state index is 13.3. The van der Waals surface area contributed by atoms with Gasteiger partial charge in [0, 0.05) is 13.0 Å². The van der Waals surface area contributed by atoms with Gasteiger partial charge in [-0.15, -0.1) is 0 Å². The molecule has 1 fully saturated rings. The predicted octanol–water partition coefficient (Wildman–Crippen LogP) is 0.122. The summed E-state index contributed by atoms with van der Waals surface area (Å²) < 4.78 is 0. The third-order valence-electron chi connectivity index (χ3n) is 6.24. The van der Waals surface area contributed by atoms with Crippen LogP contribution in [-0.2, 0) is 30.4 Å². The van der Waals surface area contributed by atoms with Crippen LogP contribution >= 0.6 is 0 Å². The third-order valence-corrected chi connectivity index (χ3v) is 6.24. The second-order valence-electron chi connectivity index (χ2n) is 8.85. The zero-order valence-corrected chi connectivity index (χ0v) is 20.0. The highest BCUT2D eigenvalue weighted by atomic mass is 16.4. The number of carboxylic acid groups (broad SMARTS) is 2. The molecule has 0 bridgehead atoms. The second-order valence-corrected chi connectivity index (χ2v) is 8.85. The van der Waals surface area contributed by atoms with Crippen molar-refractivity contribution in [2.24, 2.45) is 11.7 Å². The van der Waals surface area contributed by atoms with Gasteiger partial charge in [0.2, 0.25) is 17.7 Å². The number of carbonyl (C=O) groups excluding carboxylic acids is 3. The Morgan fingerprint density at radius 1 is 1.09 bits per heavy atom. The smallest absolute Gasteiger partial charge is 0.326 e. The molecule has 1 aromatic carbocycles. The Morgan fingerprint density at radius 2 is 1.74 bits per heavy atom. The van der Waals surface area contributed by atoms with Gasteiger partial charge in [-0.1, -0.05) is 50.6 Å². The Labute approximate surface area is 204 Å². The number of aliphatic carboxylic acids is 2. The van der Waals surface area contributed by atoms with Crippen LogP contribution in [-0.4, -0.2) is 75.5 Å². The van der Waals surface area contributed by atoms with Crippen LogP contribution in [0.4, 0.5) is 0 Å². The lowest BCUT2D eigenvalue weighted by molar-refractivity contribution is -0.150. The van der Waals surface area contributed by atoms with Gasteiger partial charge in [-0.05, 0) is 24.3 Å². The number of nitrogens with one attached hydrogen (secondary N) is 2. The summed E-state index contributed by atoms with van der Waals surface area (Å²) in [6.45, 7) is 3.92. The minimum Gasteiger partial charge on any atom is -0.481 e. The highest BCUT2D eigenvalue weighted by molar-refractivity contribution is 5.95. The van der Waals surface area contributed by atoms with Crippen molar-refractivity contribution in [3.8, 4) is 0 Å². The van der Waals surface area contributed by atoms with Crippen LogP contribution in [0.3, 0.4) is 0 Å². The molecule has 11 nitrogen and oxygen atoms in total. The van der Waals surface area contributed by atoms with Crippen LogP contribution in [0.15, 0.2) is 30.3 Å². The van der Waals surface area contributed by atoms with E-state index < -0.39 is 60.2 Å². The first-order valence-electron chi connectivity index (χ1n) is 11.7. The van der Waals surface area contributed by atoms with Gasteiger partial charge < -0.3 is 31.5 Å². The molecule has 5 unspecified atom stereocenters. The van der Waals surface area contributed by atoms with Gasteiger partial charge in [-0.2, -0.15) is 0 Å². The Balaban J connectivity index is 2.25. The summed E-state index contributed by atoms with van der Waals surface area (Å²) in [4.78, 5) is 62.9. The molecule has 0 aromatic heterocycles. The molecule has 1 aliphatic heterocycles. The van der Waals surface area contributed by atoms with Crippen molar-refractivity contribution in [2.45, 2.75) is 70.1 Å². The van der Waals surface area contributed by atoms with Gasteiger partial charge in [0.25, 0.3) is 0 Å². The maximum atomic E-state index is 13.3. The van der Waals surface area contributed by atoms with Crippen molar-refractivity contribution >= 4 is 29.7 Å². The molecule has 1 heterocycles. The summed E-state index contributed by atoms with van der Waals surface area (Å²) in [6.07, 6.45) is 0.919. The fourth-order valence-electron chi connectivity index (χ4n) is 4.02. The van der Waals surface area contributed by atoms with Crippen molar-refractivity contribution in [2.75, 3.05) is 6.54 Å².